The van der Waals surface area contributed by atoms with E-state index in [0.29, 0.717) is 10.7 Å². The van der Waals surface area contributed by atoms with Crippen molar-refractivity contribution < 1.29 is 0 Å². The van der Waals surface area contributed by atoms with Crippen LogP contribution in [0.15, 0.2) is 30.6 Å². The summed E-state index contributed by atoms with van der Waals surface area (Å²) in [6.45, 7) is 0. The molecular weight excluding hydrogens is 198 g/mol. The van der Waals surface area contributed by atoms with Crippen LogP contribution in [-0.2, 0) is 7.05 Å². The van der Waals surface area contributed by atoms with E-state index >= 15 is 0 Å². The summed E-state index contributed by atoms with van der Waals surface area (Å²) < 4.78 is 1.92. The van der Waals surface area contributed by atoms with Gasteiger partial charge in [0.1, 0.15) is 5.82 Å². The lowest BCUT2D eigenvalue weighted by molar-refractivity contribution is 0.925. The number of benzene rings is 1. The minimum atomic E-state index is 0.639. The number of aromatic nitrogens is 2. The lowest BCUT2D eigenvalue weighted by atomic mass is 10.1. The van der Waals surface area contributed by atoms with Gasteiger partial charge in [-0.3, -0.25) is 0 Å². The van der Waals surface area contributed by atoms with Gasteiger partial charge in [-0.15, -0.1) is 0 Å². The van der Waals surface area contributed by atoms with Gasteiger partial charge in [-0.25, -0.2) is 4.98 Å². The van der Waals surface area contributed by atoms with Crippen LogP contribution in [0.1, 0.15) is 0 Å². The normalized spacial score (nSPS) is 10.4. The molecule has 0 aliphatic heterocycles. The maximum absolute atomic E-state index is 5.84. The molecule has 3 nitrogen and oxygen atoms in total. The molecule has 0 unspecified atom stereocenters. The van der Waals surface area contributed by atoms with Crippen LogP contribution in [0.4, 0.5) is 5.69 Å². The molecule has 0 spiro atoms. The molecule has 0 aliphatic rings. The Labute approximate surface area is 87.1 Å². The molecule has 0 atom stereocenters. The molecule has 1 heterocycles. The zero-order valence-corrected chi connectivity index (χ0v) is 8.49. The summed E-state index contributed by atoms with van der Waals surface area (Å²) in [4.78, 5) is 4.22. The third-order valence-corrected chi connectivity index (χ3v) is 2.31. The first-order valence-electron chi connectivity index (χ1n) is 4.21. The molecule has 0 saturated carbocycles. The number of rotatable bonds is 1. The Bertz CT molecular complexity index is 462. The monoisotopic (exact) mass is 207 g/mol. The highest BCUT2D eigenvalue weighted by molar-refractivity contribution is 6.31. The number of nitrogens with zero attached hydrogens (tertiary/aromatic N) is 2. The van der Waals surface area contributed by atoms with Gasteiger partial charge in [0.05, 0.1) is 0 Å². The molecule has 2 N–H and O–H groups in total. The minimum Gasteiger partial charge on any atom is -0.398 e. The molecular formula is C10H10ClN3. The second kappa shape index (κ2) is 3.35. The SMILES string of the molecule is Cn1ccnc1-c1ccc(Cl)cc1N. The fraction of sp³-hybridized carbons (Fsp3) is 0.100. The first-order valence-corrected chi connectivity index (χ1v) is 4.59. The van der Waals surface area contributed by atoms with E-state index < -0.39 is 0 Å². The fourth-order valence-electron chi connectivity index (χ4n) is 1.36. The Hall–Kier alpha value is -1.48. The lowest BCUT2D eigenvalue weighted by Crippen LogP contribution is -1.96. The number of anilines is 1. The van der Waals surface area contributed by atoms with Crippen molar-refractivity contribution in [3.63, 3.8) is 0 Å². The van der Waals surface area contributed by atoms with Gasteiger partial charge in [0, 0.05) is 35.7 Å². The average molecular weight is 208 g/mol. The van der Waals surface area contributed by atoms with Crippen molar-refractivity contribution in [3.8, 4) is 11.4 Å². The number of halogens is 1. The van der Waals surface area contributed by atoms with Gasteiger partial charge in [0.15, 0.2) is 0 Å². The number of aryl methyl sites for hydroxylation is 1. The number of nitrogens with two attached hydrogens (primary N) is 1. The predicted octanol–water partition coefficient (Wildman–Crippen LogP) is 2.32. The Kier molecular flexibility index (Phi) is 2.17. The Morgan fingerprint density at radius 3 is 2.79 bits per heavy atom. The van der Waals surface area contributed by atoms with Crippen LogP contribution >= 0.6 is 11.6 Å². The van der Waals surface area contributed by atoms with Gasteiger partial charge in [-0.1, -0.05) is 11.6 Å². The molecule has 2 rings (SSSR count). The predicted molar refractivity (Wildman–Crippen MR) is 58.1 cm³/mol. The average Bonchev–Trinajstić information content (AvgIpc) is 2.52. The number of hydrogen-bond acceptors (Lipinski definition) is 2. The third kappa shape index (κ3) is 1.46. The molecule has 14 heavy (non-hydrogen) atoms. The number of nitrogen functional groups attached to an aromatic ring is 1. The summed E-state index contributed by atoms with van der Waals surface area (Å²) in [7, 11) is 1.93. The molecule has 1 aromatic carbocycles. The Balaban J connectivity index is 2.58. The van der Waals surface area contributed by atoms with Gasteiger partial charge in [-0.05, 0) is 18.2 Å². The molecule has 0 radical (unpaired) electrons. The molecule has 0 bridgehead atoms. The second-order valence-corrected chi connectivity index (χ2v) is 3.53. The maximum Gasteiger partial charge on any atom is 0.141 e. The fourth-order valence-corrected chi connectivity index (χ4v) is 1.54. The molecule has 0 aliphatic carbocycles. The van der Waals surface area contributed by atoms with E-state index in [1.165, 1.54) is 0 Å². The summed E-state index contributed by atoms with van der Waals surface area (Å²) in [6, 6.07) is 5.41. The van der Waals surface area contributed by atoms with Crippen molar-refractivity contribution in [1.29, 1.82) is 0 Å². The Morgan fingerprint density at radius 1 is 1.43 bits per heavy atom. The topological polar surface area (TPSA) is 43.8 Å². The van der Waals surface area contributed by atoms with Crippen molar-refractivity contribution in [1.82, 2.24) is 9.55 Å². The van der Waals surface area contributed by atoms with E-state index in [2.05, 4.69) is 4.98 Å². The zero-order valence-electron chi connectivity index (χ0n) is 7.74. The summed E-state index contributed by atoms with van der Waals surface area (Å²) in [6.07, 6.45) is 3.62. The first-order chi connectivity index (χ1) is 6.68. The highest BCUT2D eigenvalue weighted by Crippen LogP contribution is 2.26. The second-order valence-electron chi connectivity index (χ2n) is 3.09. The van der Waals surface area contributed by atoms with E-state index in [4.69, 9.17) is 17.3 Å². The van der Waals surface area contributed by atoms with Gasteiger partial charge < -0.3 is 10.3 Å². The molecule has 2 aromatic rings. The van der Waals surface area contributed by atoms with Gasteiger partial charge in [0.25, 0.3) is 0 Å². The zero-order chi connectivity index (χ0) is 10.1. The van der Waals surface area contributed by atoms with Gasteiger partial charge in [0.2, 0.25) is 0 Å². The standard InChI is InChI=1S/C10H10ClN3/c1-14-5-4-13-10(14)8-3-2-7(11)6-9(8)12/h2-6H,12H2,1H3. The first kappa shape index (κ1) is 9.09. The van der Waals surface area contributed by atoms with Crippen molar-refractivity contribution in [2.45, 2.75) is 0 Å². The molecule has 0 fully saturated rings. The number of hydrogen-bond donors (Lipinski definition) is 1. The largest absolute Gasteiger partial charge is 0.398 e. The molecule has 0 saturated heterocycles. The third-order valence-electron chi connectivity index (χ3n) is 2.08. The highest BCUT2D eigenvalue weighted by Gasteiger charge is 2.06. The van der Waals surface area contributed by atoms with Crippen LogP contribution < -0.4 is 5.73 Å². The summed E-state index contributed by atoms with van der Waals surface area (Å²) in [5, 5.41) is 0.639. The molecule has 0 amide bonds. The molecule has 72 valence electrons. The Morgan fingerprint density at radius 2 is 2.21 bits per heavy atom. The van der Waals surface area contributed by atoms with Crippen LogP contribution in [-0.4, -0.2) is 9.55 Å². The van der Waals surface area contributed by atoms with Crippen LogP contribution in [0.5, 0.6) is 0 Å². The van der Waals surface area contributed by atoms with Crippen molar-refractivity contribution in [2.24, 2.45) is 7.05 Å². The van der Waals surface area contributed by atoms with E-state index in [9.17, 15) is 0 Å². The van der Waals surface area contributed by atoms with Crippen LogP contribution in [0, 0.1) is 0 Å². The lowest BCUT2D eigenvalue weighted by Gasteiger charge is -2.05. The summed E-state index contributed by atoms with van der Waals surface area (Å²) >= 11 is 5.81. The van der Waals surface area contributed by atoms with Crippen molar-refractivity contribution in [3.05, 3.63) is 35.6 Å². The highest BCUT2D eigenvalue weighted by atomic mass is 35.5. The number of imidazole rings is 1. The summed E-state index contributed by atoms with van der Waals surface area (Å²) in [5.74, 6) is 0.846. The maximum atomic E-state index is 5.84. The molecule has 4 heteroatoms. The van der Waals surface area contributed by atoms with Crippen molar-refractivity contribution >= 4 is 17.3 Å². The van der Waals surface area contributed by atoms with Crippen LogP contribution in [0.3, 0.4) is 0 Å². The van der Waals surface area contributed by atoms with Crippen LogP contribution in [0.2, 0.25) is 5.02 Å². The van der Waals surface area contributed by atoms with Gasteiger partial charge in [-0.2, -0.15) is 0 Å². The van der Waals surface area contributed by atoms with E-state index in [-0.39, 0.29) is 0 Å². The summed E-state index contributed by atoms with van der Waals surface area (Å²) in [5.41, 5.74) is 7.39. The quantitative estimate of drug-likeness (QED) is 0.730. The van der Waals surface area contributed by atoms with E-state index in [1.807, 2.05) is 29.9 Å². The minimum absolute atomic E-state index is 0.639. The van der Waals surface area contributed by atoms with E-state index in [1.54, 1.807) is 12.3 Å². The van der Waals surface area contributed by atoms with Gasteiger partial charge >= 0.3 is 0 Å². The molecule has 1 aromatic heterocycles. The smallest absolute Gasteiger partial charge is 0.141 e. The van der Waals surface area contributed by atoms with E-state index in [0.717, 1.165) is 11.4 Å². The van der Waals surface area contributed by atoms with Crippen molar-refractivity contribution in [2.75, 3.05) is 5.73 Å². The van der Waals surface area contributed by atoms with Crippen LogP contribution in [0.25, 0.3) is 11.4 Å².